The fraction of sp³-hybridized carbons (Fsp3) is 0.200. The first-order valence-electron chi connectivity index (χ1n) is 11.4. The van der Waals surface area contributed by atoms with Crippen LogP contribution in [0.25, 0.3) is 5.57 Å². The molecule has 0 amide bonds. The van der Waals surface area contributed by atoms with Gasteiger partial charge >= 0.3 is 0 Å². The van der Waals surface area contributed by atoms with Crippen molar-refractivity contribution in [3.05, 3.63) is 121 Å². The summed E-state index contributed by atoms with van der Waals surface area (Å²) in [6.45, 7) is 22.0. The zero-order valence-corrected chi connectivity index (χ0v) is 20.2. The van der Waals surface area contributed by atoms with Crippen LogP contribution in [0.5, 0.6) is 0 Å². The van der Waals surface area contributed by atoms with Crippen LogP contribution < -0.4 is 4.90 Å². The van der Waals surface area contributed by atoms with Crippen LogP contribution in [-0.2, 0) is 4.79 Å². The topological polar surface area (TPSA) is 43.5 Å². The lowest BCUT2D eigenvalue weighted by molar-refractivity contribution is -0.505. The second-order valence-electron chi connectivity index (χ2n) is 8.39. The molecule has 0 aromatic heterocycles. The van der Waals surface area contributed by atoms with Gasteiger partial charge in [-0.25, -0.2) is 4.58 Å². The summed E-state index contributed by atoms with van der Waals surface area (Å²) in [6.07, 6.45) is 13.3. The number of carbonyl (C=O) groups is 1. The lowest BCUT2D eigenvalue weighted by Gasteiger charge is -2.27. The molecule has 0 heterocycles. The number of hydrogen-bond acceptors (Lipinski definition) is 3. The molecule has 0 aliphatic heterocycles. The fourth-order valence-electron chi connectivity index (χ4n) is 4.35. The summed E-state index contributed by atoms with van der Waals surface area (Å²) in [6, 6.07) is 5.90. The van der Waals surface area contributed by atoms with Crippen molar-refractivity contribution in [3.8, 4) is 0 Å². The highest BCUT2D eigenvalue weighted by Crippen LogP contribution is 2.41. The number of Topliss-reactive ketones (excluding diaryl/α,β-unsaturated/α-hetero) is 1. The maximum Gasteiger partial charge on any atom is 0.201 e. The molecular formula is C30H33N2O2+. The van der Waals surface area contributed by atoms with Crippen molar-refractivity contribution in [1.82, 2.24) is 0 Å². The number of allylic oxidation sites excluding steroid dienone is 7. The summed E-state index contributed by atoms with van der Waals surface area (Å²) >= 11 is 0. The molecule has 0 fully saturated rings. The minimum Gasteiger partial charge on any atom is -0.506 e. The molecule has 34 heavy (non-hydrogen) atoms. The SMILES string of the molecule is C=CCN(CC=C)c1ccc(C2=C(O)/C(=C3\C=CC(=[N+](CC=C)CC=C)C=C3C)C2=O)c(C)c1. The molecule has 0 bridgehead atoms. The Morgan fingerprint density at radius 3 is 2.09 bits per heavy atom. The number of aliphatic hydroxyl groups excluding tert-OH is 1. The van der Waals surface area contributed by atoms with Gasteiger partial charge in [0.1, 0.15) is 5.76 Å². The van der Waals surface area contributed by atoms with Crippen LogP contribution in [0.3, 0.4) is 0 Å². The van der Waals surface area contributed by atoms with Crippen LogP contribution in [0.1, 0.15) is 18.1 Å². The van der Waals surface area contributed by atoms with Crippen molar-refractivity contribution in [2.24, 2.45) is 0 Å². The molecule has 0 saturated carbocycles. The highest BCUT2D eigenvalue weighted by Gasteiger charge is 2.38. The largest absolute Gasteiger partial charge is 0.506 e. The second kappa shape index (κ2) is 10.8. The van der Waals surface area contributed by atoms with Crippen molar-refractivity contribution >= 4 is 22.8 Å². The summed E-state index contributed by atoms with van der Waals surface area (Å²) in [4.78, 5) is 15.3. The number of anilines is 1. The van der Waals surface area contributed by atoms with Gasteiger partial charge in [-0.05, 0) is 66.5 Å². The molecule has 1 N–H and O–H groups in total. The van der Waals surface area contributed by atoms with E-state index in [1.165, 1.54) is 0 Å². The fourth-order valence-corrected chi connectivity index (χ4v) is 4.35. The molecule has 0 saturated heterocycles. The molecule has 2 aliphatic carbocycles. The monoisotopic (exact) mass is 453 g/mol. The van der Waals surface area contributed by atoms with Gasteiger partial charge in [0, 0.05) is 30.9 Å². The number of rotatable bonds is 10. The average Bonchev–Trinajstić information content (AvgIpc) is 2.81. The van der Waals surface area contributed by atoms with Crippen LogP contribution in [0, 0.1) is 6.92 Å². The van der Waals surface area contributed by atoms with E-state index in [1.54, 1.807) is 0 Å². The van der Waals surface area contributed by atoms with Crippen molar-refractivity contribution in [1.29, 1.82) is 0 Å². The van der Waals surface area contributed by atoms with Gasteiger partial charge in [0.15, 0.2) is 13.1 Å². The first-order chi connectivity index (χ1) is 16.4. The van der Waals surface area contributed by atoms with Gasteiger partial charge in [-0.2, -0.15) is 0 Å². The summed E-state index contributed by atoms with van der Waals surface area (Å²) in [5.41, 5.74) is 6.17. The highest BCUT2D eigenvalue weighted by molar-refractivity contribution is 6.39. The Hall–Kier alpha value is -3.92. The van der Waals surface area contributed by atoms with E-state index >= 15 is 0 Å². The number of hydrogen-bond donors (Lipinski definition) is 1. The van der Waals surface area contributed by atoms with Crippen molar-refractivity contribution in [3.63, 3.8) is 0 Å². The van der Waals surface area contributed by atoms with Gasteiger partial charge in [0.2, 0.25) is 11.5 Å². The molecule has 0 spiro atoms. The average molecular weight is 454 g/mol. The van der Waals surface area contributed by atoms with Crippen molar-refractivity contribution < 1.29 is 14.5 Å². The van der Waals surface area contributed by atoms with E-state index in [-0.39, 0.29) is 11.5 Å². The predicted molar refractivity (Wildman–Crippen MR) is 144 cm³/mol. The zero-order valence-electron chi connectivity index (χ0n) is 20.2. The highest BCUT2D eigenvalue weighted by atomic mass is 16.3. The first kappa shape index (κ1) is 24.7. The second-order valence-corrected chi connectivity index (χ2v) is 8.39. The number of aryl methyl sites for hydroxylation is 1. The zero-order chi connectivity index (χ0) is 24.8. The van der Waals surface area contributed by atoms with Crippen LogP contribution in [0.2, 0.25) is 0 Å². The molecule has 174 valence electrons. The van der Waals surface area contributed by atoms with Gasteiger partial charge in [-0.1, -0.05) is 31.4 Å². The molecule has 4 heteroatoms. The normalized spacial score (nSPS) is 17.2. The quantitative estimate of drug-likeness (QED) is 0.282. The number of ketones is 1. The predicted octanol–water partition coefficient (Wildman–Crippen LogP) is 5.66. The van der Waals surface area contributed by atoms with E-state index in [2.05, 4.69) is 35.8 Å². The van der Waals surface area contributed by atoms with Gasteiger partial charge < -0.3 is 10.0 Å². The summed E-state index contributed by atoms with van der Waals surface area (Å²) in [7, 11) is 0. The lowest BCUT2D eigenvalue weighted by Crippen LogP contribution is -2.26. The van der Waals surface area contributed by atoms with Crippen LogP contribution in [0.4, 0.5) is 5.69 Å². The van der Waals surface area contributed by atoms with E-state index in [0.29, 0.717) is 37.3 Å². The molecule has 0 atom stereocenters. The minimum absolute atomic E-state index is 0.0554. The van der Waals surface area contributed by atoms with Crippen LogP contribution in [0.15, 0.2) is 110 Å². The summed E-state index contributed by atoms with van der Waals surface area (Å²) < 4.78 is 2.14. The van der Waals surface area contributed by atoms with Crippen LogP contribution >= 0.6 is 0 Å². The smallest absolute Gasteiger partial charge is 0.201 e. The minimum atomic E-state index is -0.132. The Morgan fingerprint density at radius 2 is 1.59 bits per heavy atom. The molecule has 1 aromatic carbocycles. The molecule has 1 aromatic rings. The molecule has 0 radical (unpaired) electrons. The Labute approximate surface area is 202 Å². The van der Waals surface area contributed by atoms with E-state index in [9.17, 15) is 9.90 Å². The lowest BCUT2D eigenvalue weighted by atomic mass is 9.77. The van der Waals surface area contributed by atoms with Gasteiger partial charge in [0.05, 0.1) is 11.1 Å². The molecule has 3 rings (SSSR count). The maximum atomic E-state index is 13.2. The number of carbonyl (C=O) groups excluding carboxylic acids is 1. The molecule has 4 nitrogen and oxygen atoms in total. The third-order valence-electron chi connectivity index (χ3n) is 6.01. The van der Waals surface area contributed by atoms with E-state index in [1.807, 2.05) is 74.6 Å². The maximum absolute atomic E-state index is 13.2. The number of nitrogens with zero attached hydrogens (tertiary/aromatic N) is 2. The Morgan fingerprint density at radius 1 is 0.941 bits per heavy atom. The van der Waals surface area contributed by atoms with Gasteiger partial charge in [-0.15, -0.1) is 13.2 Å². The standard InChI is InChI=1S/C30H32N2O2/c1-7-15-31(16-8-2)23-11-13-25(21(5)19-23)27-29(33)28(30(27)34)26-14-12-24(20-22(26)6)32(17-9-3)18-10-4/h7-14,19-20H,1-4,15-18H2,5-6H3/p+1. The Kier molecular flexibility index (Phi) is 7.85. The van der Waals surface area contributed by atoms with Crippen molar-refractivity contribution in [2.45, 2.75) is 13.8 Å². The van der Waals surface area contributed by atoms with E-state index < -0.39 is 0 Å². The molecule has 2 aliphatic rings. The van der Waals surface area contributed by atoms with Gasteiger partial charge in [-0.3, -0.25) is 4.79 Å². The van der Waals surface area contributed by atoms with E-state index in [4.69, 9.17) is 0 Å². The first-order valence-corrected chi connectivity index (χ1v) is 11.4. The summed E-state index contributed by atoms with van der Waals surface area (Å²) in [5, 5.41) is 10.9. The van der Waals surface area contributed by atoms with Gasteiger partial charge in [0.25, 0.3) is 0 Å². The number of benzene rings is 1. The third-order valence-corrected chi connectivity index (χ3v) is 6.01. The van der Waals surface area contributed by atoms with Crippen molar-refractivity contribution in [2.75, 3.05) is 31.1 Å². The Bertz CT molecular complexity index is 1200. The third kappa shape index (κ3) is 4.72. The summed E-state index contributed by atoms with van der Waals surface area (Å²) in [5.74, 6) is -0.0768. The Balaban J connectivity index is 1.98. The van der Waals surface area contributed by atoms with Crippen LogP contribution in [-0.4, -0.2) is 47.4 Å². The molecule has 0 unspecified atom stereocenters. The molecular weight excluding hydrogens is 420 g/mol. The van der Waals surface area contributed by atoms with E-state index in [0.717, 1.165) is 33.7 Å². The number of aliphatic hydroxyl groups is 1.